The van der Waals surface area contributed by atoms with Gasteiger partial charge in [-0.1, -0.05) is 35.0 Å². The molecule has 0 aliphatic heterocycles. The first-order chi connectivity index (χ1) is 13.8. The van der Waals surface area contributed by atoms with Gasteiger partial charge in [-0.2, -0.15) is 0 Å². The van der Waals surface area contributed by atoms with Crippen LogP contribution in [0.4, 0.5) is 4.39 Å². The average molecular weight is 465 g/mol. The second kappa shape index (κ2) is 11.0. The first-order valence-electron chi connectivity index (χ1n) is 9.56. The molecule has 0 fully saturated rings. The molecule has 1 atom stereocenters. The zero-order chi connectivity index (χ0) is 21.4. The van der Waals surface area contributed by atoms with E-state index in [4.69, 9.17) is 4.74 Å². The van der Waals surface area contributed by atoms with Crippen LogP contribution in [-0.4, -0.2) is 35.9 Å². The Morgan fingerprint density at radius 3 is 2.45 bits per heavy atom. The third-order valence-corrected chi connectivity index (χ3v) is 5.38. The van der Waals surface area contributed by atoms with Crippen LogP contribution in [-0.2, 0) is 16.1 Å². The fourth-order valence-electron chi connectivity index (χ4n) is 2.93. The molecule has 2 amide bonds. The van der Waals surface area contributed by atoms with Crippen LogP contribution in [0.15, 0.2) is 46.9 Å². The van der Waals surface area contributed by atoms with Crippen molar-refractivity contribution >= 4 is 27.7 Å². The summed E-state index contributed by atoms with van der Waals surface area (Å²) in [6, 6.07) is 10.7. The van der Waals surface area contributed by atoms with E-state index in [1.54, 1.807) is 18.2 Å². The van der Waals surface area contributed by atoms with Crippen molar-refractivity contribution in [3.8, 4) is 5.75 Å². The fraction of sp³-hybridized carbons (Fsp3) is 0.364. The Balaban J connectivity index is 2.19. The van der Waals surface area contributed by atoms with Crippen LogP contribution in [0.1, 0.15) is 31.4 Å². The van der Waals surface area contributed by atoms with Crippen molar-refractivity contribution in [3.05, 3.63) is 63.9 Å². The third kappa shape index (κ3) is 6.56. The molecule has 29 heavy (non-hydrogen) atoms. The molecule has 0 unspecified atom stereocenters. The molecule has 1 N–H and O–H groups in total. The topological polar surface area (TPSA) is 58.6 Å². The van der Waals surface area contributed by atoms with Crippen molar-refractivity contribution < 1.29 is 18.7 Å². The molecule has 0 bridgehead atoms. The quantitative estimate of drug-likeness (QED) is 0.604. The van der Waals surface area contributed by atoms with Gasteiger partial charge in [0.2, 0.25) is 5.91 Å². The van der Waals surface area contributed by atoms with E-state index in [1.165, 1.54) is 17.0 Å². The van der Waals surface area contributed by atoms with Gasteiger partial charge in [-0.3, -0.25) is 9.59 Å². The normalized spacial score (nSPS) is 11.6. The van der Waals surface area contributed by atoms with E-state index in [9.17, 15) is 14.0 Å². The Kier molecular flexibility index (Phi) is 8.64. The minimum absolute atomic E-state index is 0.192. The maximum atomic E-state index is 13.2. The standard InChI is InChI=1S/C22H26BrFN2O3/c1-4-20(22(28)25-5-2)26(13-16-6-8-17(24)9-7-16)21(27)14-29-18-10-11-19(23)15(3)12-18/h6-12,20H,4-5,13-14H2,1-3H3,(H,25,28)/t20-/m1/s1. The molecule has 7 heteroatoms. The van der Waals surface area contributed by atoms with Crippen LogP contribution in [0, 0.1) is 12.7 Å². The Morgan fingerprint density at radius 1 is 1.17 bits per heavy atom. The molecule has 0 saturated carbocycles. The summed E-state index contributed by atoms with van der Waals surface area (Å²) in [6.45, 7) is 6.08. The summed E-state index contributed by atoms with van der Waals surface area (Å²) in [5, 5.41) is 2.78. The van der Waals surface area contributed by atoms with Gasteiger partial charge in [-0.25, -0.2) is 4.39 Å². The molecule has 2 rings (SSSR count). The molecule has 5 nitrogen and oxygen atoms in total. The van der Waals surface area contributed by atoms with Crippen LogP contribution in [0.2, 0.25) is 0 Å². The lowest BCUT2D eigenvalue weighted by atomic mass is 10.1. The summed E-state index contributed by atoms with van der Waals surface area (Å²) >= 11 is 3.43. The highest BCUT2D eigenvalue weighted by Crippen LogP contribution is 2.22. The van der Waals surface area contributed by atoms with Gasteiger partial charge >= 0.3 is 0 Å². The molecule has 2 aromatic carbocycles. The molecular weight excluding hydrogens is 439 g/mol. The number of rotatable bonds is 9. The minimum atomic E-state index is -0.636. The minimum Gasteiger partial charge on any atom is -0.484 e. The number of hydrogen-bond acceptors (Lipinski definition) is 3. The monoisotopic (exact) mass is 464 g/mol. The molecular formula is C22H26BrFN2O3. The number of halogens is 2. The summed E-state index contributed by atoms with van der Waals surface area (Å²) in [4.78, 5) is 27.0. The largest absolute Gasteiger partial charge is 0.484 e. The van der Waals surface area contributed by atoms with Gasteiger partial charge in [0.25, 0.3) is 5.91 Å². The van der Waals surface area contributed by atoms with Crippen LogP contribution < -0.4 is 10.1 Å². The van der Waals surface area contributed by atoms with E-state index in [-0.39, 0.29) is 30.8 Å². The number of nitrogens with one attached hydrogen (secondary N) is 1. The number of aryl methyl sites for hydroxylation is 1. The van der Waals surface area contributed by atoms with E-state index in [2.05, 4.69) is 21.2 Å². The lowest BCUT2D eigenvalue weighted by molar-refractivity contribution is -0.142. The Bertz CT molecular complexity index is 842. The summed E-state index contributed by atoms with van der Waals surface area (Å²) in [5.41, 5.74) is 1.73. The van der Waals surface area contributed by atoms with Gasteiger partial charge in [-0.05, 0) is 61.7 Å². The first kappa shape index (κ1) is 22.9. The van der Waals surface area contributed by atoms with E-state index in [0.29, 0.717) is 18.7 Å². The van der Waals surface area contributed by atoms with Gasteiger partial charge in [0, 0.05) is 17.6 Å². The molecule has 0 saturated heterocycles. The molecule has 0 heterocycles. The number of likely N-dealkylation sites (N-methyl/N-ethyl adjacent to an activating group) is 1. The van der Waals surface area contributed by atoms with E-state index in [1.807, 2.05) is 32.9 Å². The van der Waals surface area contributed by atoms with Crippen LogP contribution in [0.5, 0.6) is 5.75 Å². The second-order valence-electron chi connectivity index (χ2n) is 6.67. The van der Waals surface area contributed by atoms with Crippen molar-refractivity contribution in [2.75, 3.05) is 13.2 Å². The smallest absolute Gasteiger partial charge is 0.261 e. The Labute approximate surface area is 179 Å². The number of nitrogens with zero attached hydrogens (tertiary/aromatic N) is 1. The van der Waals surface area contributed by atoms with E-state index in [0.717, 1.165) is 15.6 Å². The lowest BCUT2D eigenvalue weighted by Gasteiger charge is -2.30. The van der Waals surface area contributed by atoms with Crippen molar-refractivity contribution in [3.63, 3.8) is 0 Å². The predicted molar refractivity (Wildman–Crippen MR) is 114 cm³/mol. The molecule has 2 aromatic rings. The highest BCUT2D eigenvalue weighted by atomic mass is 79.9. The maximum absolute atomic E-state index is 13.2. The van der Waals surface area contributed by atoms with Crippen LogP contribution >= 0.6 is 15.9 Å². The summed E-state index contributed by atoms with van der Waals surface area (Å²) in [7, 11) is 0. The van der Waals surface area contributed by atoms with Crippen LogP contribution in [0.25, 0.3) is 0 Å². The number of ether oxygens (including phenoxy) is 1. The summed E-state index contributed by atoms with van der Waals surface area (Å²) in [6.07, 6.45) is 0.455. The number of carbonyl (C=O) groups excluding carboxylic acids is 2. The van der Waals surface area contributed by atoms with Gasteiger partial charge in [-0.15, -0.1) is 0 Å². The Morgan fingerprint density at radius 2 is 1.86 bits per heavy atom. The van der Waals surface area contributed by atoms with Crippen molar-refractivity contribution in [1.82, 2.24) is 10.2 Å². The van der Waals surface area contributed by atoms with Crippen molar-refractivity contribution in [2.45, 2.75) is 39.8 Å². The van der Waals surface area contributed by atoms with Crippen molar-refractivity contribution in [1.29, 1.82) is 0 Å². The van der Waals surface area contributed by atoms with Crippen LogP contribution in [0.3, 0.4) is 0 Å². The summed E-state index contributed by atoms with van der Waals surface area (Å²) in [5.74, 6) is -0.305. The molecule has 0 radical (unpaired) electrons. The third-order valence-electron chi connectivity index (χ3n) is 4.49. The molecule has 0 spiro atoms. The lowest BCUT2D eigenvalue weighted by Crippen LogP contribution is -2.50. The number of benzene rings is 2. The van der Waals surface area contributed by atoms with Gasteiger partial charge in [0.05, 0.1) is 0 Å². The highest BCUT2D eigenvalue weighted by Gasteiger charge is 2.28. The Hall–Kier alpha value is -2.41. The molecule has 0 aliphatic carbocycles. The summed E-state index contributed by atoms with van der Waals surface area (Å²) < 4.78 is 19.9. The predicted octanol–water partition coefficient (Wildman–Crippen LogP) is 4.22. The number of carbonyl (C=O) groups is 2. The number of hydrogen-bond donors (Lipinski definition) is 1. The maximum Gasteiger partial charge on any atom is 0.261 e. The molecule has 156 valence electrons. The van der Waals surface area contributed by atoms with E-state index >= 15 is 0 Å². The fourth-order valence-corrected chi connectivity index (χ4v) is 3.18. The molecule has 0 aromatic heterocycles. The second-order valence-corrected chi connectivity index (χ2v) is 7.52. The SMILES string of the molecule is CCNC(=O)[C@@H](CC)N(Cc1ccc(F)cc1)C(=O)COc1ccc(Br)c(C)c1. The van der Waals surface area contributed by atoms with E-state index < -0.39 is 6.04 Å². The van der Waals surface area contributed by atoms with Gasteiger partial charge in [0.1, 0.15) is 17.6 Å². The highest BCUT2D eigenvalue weighted by molar-refractivity contribution is 9.10. The zero-order valence-electron chi connectivity index (χ0n) is 16.9. The number of amides is 2. The average Bonchev–Trinajstić information content (AvgIpc) is 2.70. The van der Waals surface area contributed by atoms with Gasteiger partial charge in [0.15, 0.2) is 6.61 Å². The first-order valence-corrected chi connectivity index (χ1v) is 10.4. The van der Waals surface area contributed by atoms with Crippen molar-refractivity contribution in [2.24, 2.45) is 0 Å². The molecule has 0 aliphatic rings. The van der Waals surface area contributed by atoms with Gasteiger partial charge < -0.3 is 15.0 Å². The zero-order valence-corrected chi connectivity index (χ0v) is 18.5.